The van der Waals surface area contributed by atoms with Gasteiger partial charge < -0.3 is 35.6 Å². The first-order valence-corrected chi connectivity index (χ1v) is 15.8. The quantitative estimate of drug-likeness (QED) is 0.130. The van der Waals surface area contributed by atoms with Gasteiger partial charge in [0.15, 0.2) is 6.54 Å². The van der Waals surface area contributed by atoms with Crippen LogP contribution in [0.4, 0.5) is 4.79 Å². The van der Waals surface area contributed by atoms with E-state index in [0.717, 1.165) is 27.8 Å². The summed E-state index contributed by atoms with van der Waals surface area (Å²) in [6, 6.07) is 26.3. The van der Waals surface area contributed by atoms with Crippen LogP contribution in [0.15, 0.2) is 110 Å². The highest BCUT2D eigenvalue weighted by atomic mass is 16.5. The highest BCUT2D eigenvalue weighted by molar-refractivity contribution is 5.90. The fourth-order valence-electron chi connectivity index (χ4n) is 5.82. The van der Waals surface area contributed by atoms with Crippen molar-refractivity contribution in [2.75, 3.05) is 26.7 Å². The zero-order chi connectivity index (χ0) is 33.9. The molecule has 0 aliphatic carbocycles. The average molecular weight is 650 g/mol. The van der Waals surface area contributed by atoms with Crippen LogP contribution in [0.5, 0.6) is 11.6 Å². The van der Waals surface area contributed by atoms with Crippen LogP contribution in [-0.4, -0.2) is 76.7 Å². The number of nitrogens with two attached hydrogens (primary N) is 1. The molecule has 2 heterocycles. The number of nitrogens with zero attached hydrogens (tertiary/aromatic N) is 3. The number of nitrogens with one attached hydrogen (secondary N) is 2. The molecule has 4 aromatic rings. The van der Waals surface area contributed by atoms with E-state index in [-0.39, 0.29) is 43.6 Å². The molecular weight excluding hydrogens is 608 g/mol. The second-order valence-corrected chi connectivity index (χ2v) is 11.5. The minimum absolute atomic E-state index is 0.0736. The van der Waals surface area contributed by atoms with Crippen LogP contribution in [0, 0.1) is 0 Å². The van der Waals surface area contributed by atoms with Gasteiger partial charge in [-0.25, -0.2) is 9.78 Å². The van der Waals surface area contributed by atoms with Crippen molar-refractivity contribution in [1.29, 1.82) is 0 Å². The number of quaternary nitrogens is 1. The van der Waals surface area contributed by atoms with Crippen molar-refractivity contribution in [3.63, 3.8) is 0 Å². The summed E-state index contributed by atoms with van der Waals surface area (Å²) in [6.45, 7) is 4.95. The van der Waals surface area contributed by atoms with Gasteiger partial charge in [-0.2, -0.15) is 0 Å². The number of phenolic OH excluding ortho intramolecular Hbond substituents is 1. The number of methoxy groups -OCH3 is 1. The Morgan fingerprint density at radius 1 is 1.02 bits per heavy atom. The second kappa shape index (κ2) is 16.2. The SMILES string of the molecule is C=CC[NH2+]CC(=O)N1C(NC(=O)NCc2ccccc2)CN(Cc2cccc(-c3cccnc3OC)c2)C(=O)C1Cc1ccc(O)cc1. The highest BCUT2D eigenvalue weighted by Gasteiger charge is 2.44. The molecular formula is C37H41N6O5+. The molecule has 3 aromatic carbocycles. The summed E-state index contributed by atoms with van der Waals surface area (Å²) in [4.78, 5) is 49.0. The molecule has 1 aromatic heterocycles. The Kier molecular flexibility index (Phi) is 11.4. The molecule has 5 N–H and O–H groups in total. The molecule has 1 aliphatic rings. The van der Waals surface area contributed by atoms with E-state index < -0.39 is 18.2 Å². The molecule has 48 heavy (non-hydrogen) atoms. The van der Waals surface area contributed by atoms with Gasteiger partial charge in [0.2, 0.25) is 11.8 Å². The lowest BCUT2D eigenvalue weighted by molar-refractivity contribution is -0.635. The first-order chi connectivity index (χ1) is 23.4. The molecule has 2 unspecified atom stereocenters. The van der Waals surface area contributed by atoms with Gasteiger partial charge in [0.1, 0.15) is 18.0 Å². The third-order valence-corrected chi connectivity index (χ3v) is 8.14. The smallest absolute Gasteiger partial charge is 0.316 e. The molecule has 1 saturated heterocycles. The zero-order valence-electron chi connectivity index (χ0n) is 26.9. The van der Waals surface area contributed by atoms with Gasteiger partial charge in [-0.05, 0) is 58.7 Å². The summed E-state index contributed by atoms with van der Waals surface area (Å²) in [5.41, 5.74) is 4.25. The maximum atomic E-state index is 14.3. The van der Waals surface area contributed by atoms with E-state index in [1.807, 2.05) is 66.7 Å². The molecule has 0 bridgehead atoms. The Hall–Kier alpha value is -5.68. The Labute approximate surface area is 280 Å². The Morgan fingerprint density at radius 3 is 2.54 bits per heavy atom. The number of benzene rings is 3. The van der Waals surface area contributed by atoms with Gasteiger partial charge in [0.25, 0.3) is 5.91 Å². The second-order valence-electron chi connectivity index (χ2n) is 11.5. The standard InChI is InChI=1S/C37H40N6O5/c1-3-18-38-23-34(45)43-32(21-26-14-16-30(44)17-15-26)36(46)42(25-33(43)41-37(47)40-22-27-9-5-4-6-10-27)24-28-11-7-12-29(20-28)31-13-8-19-39-35(31)48-2/h3-17,19-20,32-33,38,44H,1,18,21-25H2,2H3,(H2,40,41,47)/p+1. The van der Waals surface area contributed by atoms with Crippen molar-refractivity contribution >= 4 is 17.8 Å². The molecule has 1 fully saturated rings. The van der Waals surface area contributed by atoms with Crippen LogP contribution >= 0.6 is 0 Å². The Balaban J connectivity index is 1.45. The first kappa shape index (κ1) is 33.7. The monoisotopic (exact) mass is 649 g/mol. The number of hydrogen-bond donors (Lipinski definition) is 4. The largest absolute Gasteiger partial charge is 0.508 e. The number of hydrogen-bond acceptors (Lipinski definition) is 6. The van der Waals surface area contributed by atoms with Crippen molar-refractivity contribution in [1.82, 2.24) is 25.4 Å². The van der Waals surface area contributed by atoms with Gasteiger partial charge in [0, 0.05) is 31.3 Å². The normalized spacial score (nSPS) is 15.9. The number of carbonyl (C=O) groups excluding carboxylic acids is 3. The number of aromatic nitrogens is 1. The molecule has 5 rings (SSSR count). The topological polar surface area (TPSA) is 141 Å². The molecule has 4 amide bonds. The third-order valence-electron chi connectivity index (χ3n) is 8.14. The van der Waals surface area contributed by atoms with Crippen molar-refractivity contribution in [2.45, 2.75) is 31.7 Å². The highest BCUT2D eigenvalue weighted by Crippen LogP contribution is 2.29. The first-order valence-electron chi connectivity index (χ1n) is 15.8. The third kappa shape index (κ3) is 8.56. The van der Waals surface area contributed by atoms with Crippen LogP contribution in [0.25, 0.3) is 11.1 Å². The Morgan fingerprint density at radius 2 is 1.79 bits per heavy atom. The maximum Gasteiger partial charge on any atom is 0.316 e. The van der Waals surface area contributed by atoms with E-state index >= 15 is 0 Å². The van der Waals surface area contributed by atoms with Crippen molar-refractivity contribution in [2.24, 2.45) is 0 Å². The zero-order valence-corrected chi connectivity index (χ0v) is 26.9. The molecule has 248 valence electrons. The van der Waals surface area contributed by atoms with E-state index in [2.05, 4.69) is 22.2 Å². The van der Waals surface area contributed by atoms with Gasteiger partial charge in [-0.1, -0.05) is 67.2 Å². The number of piperazine rings is 1. The number of ether oxygens (including phenoxy) is 1. The van der Waals surface area contributed by atoms with E-state index in [1.165, 1.54) is 4.90 Å². The molecule has 11 nitrogen and oxygen atoms in total. The summed E-state index contributed by atoms with van der Waals surface area (Å²) >= 11 is 0. The fraction of sp³-hybridized carbons (Fsp3) is 0.243. The lowest BCUT2D eigenvalue weighted by atomic mass is 9.98. The van der Waals surface area contributed by atoms with E-state index in [9.17, 15) is 19.5 Å². The predicted octanol–water partition coefficient (Wildman–Crippen LogP) is 2.82. The van der Waals surface area contributed by atoms with E-state index in [4.69, 9.17) is 4.74 Å². The maximum absolute atomic E-state index is 14.3. The fourth-order valence-corrected chi connectivity index (χ4v) is 5.82. The number of amides is 4. The number of rotatable bonds is 13. The van der Waals surface area contributed by atoms with Gasteiger partial charge >= 0.3 is 6.03 Å². The summed E-state index contributed by atoms with van der Waals surface area (Å²) in [6.07, 6.45) is 2.75. The summed E-state index contributed by atoms with van der Waals surface area (Å²) in [7, 11) is 1.57. The molecule has 0 saturated carbocycles. The number of pyridine rings is 1. The predicted molar refractivity (Wildman–Crippen MR) is 182 cm³/mol. The summed E-state index contributed by atoms with van der Waals surface area (Å²) in [5, 5.41) is 17.5. The lowest BCUT2D eigenvalue weighted by Crippen LogP contribution is -2.87. The van der Waals surface area contributed by atoms with Crippen molar-refractivity contribution in [3.8, 4) is 22.8 Å². The number of carbonyl (C=O) groups is 3. The van der Waals surface area contributed by atoms with Crippen LogP contribution in [0.2, 0.25) is 0 Å². The average Bonchev–Trinajstić information content (AvgIpc) is 3.11. The lowest BCUT2D eigenvalue weighted by Gasteiger charge is -2.46. The van der Waals surface area contributed by atoms with E-state index in [1.54, 1.807) is 53.9 Å². The number of phenols is 1. The van der Waals surface area contributed by atoms with Crippen LogP contribution in [0.1, 0.15) is 16.7 Å². The van der Waals surface area contributed by atoms with Crippen LogP contribution in [0.3, 0.4) is 0 Å². The Bertz CT molecular complexity index is 1720. The summed E-state index contributed by atoms with van der Waals surface area (Å²) in [5.74, 6) is 0.0628. The molecule has 11 heteroatoms. The van der Waals surface area contributed by atoms with Crippen LogP contribution < -0.4 is 20.7 Å². The van der Waals surface area contributed by atoms with Crippen molar-refractivity contribution < 1.29 is 29.5 Å². The minimum atomic E-state index is -0.908. The minimum Gasteiger partial charge on any atom is -0.508 e. The molecule has 0 radical (unpaired) electrons. The van der Waals surface area contributed by atoms with Gasteiger partial charge in [-0.3, -0.25) is 9.59 Å². The summed E-state index contributed by atoms with van der Waals surface area (Å²) < 4.78 is 5.47. The number of aromatic hydroxyl groups is 1. The van der Waals surface area contributed by atoms with Crippen molar-refractivity contribution in [3.05, 3.63) is 127 Å². The van der Waals surface area contributed by atoms with Gasteiger partial charge in [-0.15, -0.1) is 0 Å². The molecule has 2 atom stereocenters. The molecule has 1 aliphatic heterocycles. The molecule has 0 spiro atoms. The van der Waals surface area contributed by atoms with E-state index in [0.29, 0.717) is 19.0 Å². The van der Waals surface area contributed by atoms with Crippen LogP contribution in [-0.2, 0) is 29.1 Å². The van der Waals surface area contributed by atoms with Gasteiger partial charge in [0.05, 0.1) is 20.2 Å². The number of urea groups is 1.